The highest BCUT2D eigenvalue weighted by Gasteiger charge is 2.31. The summed E-state index contributed by atoms with van der Waals surface area (Å²) in [5, 5.41) is 0. The molecule has 1 amide bonds. The Bertz CT molecular complexity index is 461. The van der Waals surface area contributed by atoms with Gasteiger partial charge in [0.1, 0.15) is 0 Å². The fraction of sp³-hybridized carbons (Fsp3) is 0.562. The van der Waals surface area contributed by atoms with E-state index in [1.807, 2.05) is 17.0 Å². The molecule has 1 aliphatic carbocycles. The number of hydrogen-bond acceptors (Lipinski definition) is 3. The number of nitrogen functional groups attached to an aromatic ring is 1. The standard InChI is InChI=1S/C16H23N3O/c17-14-5-3-13(4-6-14)11-19(15-7-8-15)12-16(20)18-9-1-2-10-18/h3-6,15H,1-2,7-12,17H2. The van der Waals surface area contributed by atoms with Crippen LogP contribution < -0.4 is 5.73 Å². The van der Waals surface area contributed by atoms with Crippen LogP contribution in [-0.4, -0.2) is 41.4 Å². The minimum Gasteiger partial charge on any atom is -0.399 e. The van der Waals surface area contributed by atoms with Crippen LogP contribution in [0.2, 0.25) is 0 Å². The number of carbonyl (C=O) groups is 1. The van der Waals surface area contributed by atoms with E-state index in [9.17, 15) is 4.79 Å². The first-order valence-electron chi connectivity index (χ1n) is 7.58. The minimum absolute atomic E-state index is 0.296. The van der Waals surface area contributed by atoms with Crippen molar-refractivity contribution in [3.8, 4) is 0 Å². The molecular formula is C16H23N3O. The number of likely N-dealkylation sites (tertiary alicyclic amines) is 1. The second-order valence-corrected chi connectivity index (χ2v) is 5.97. The Morgan fingerprint density at radius 1 is 1.20 bits per heavy atom. The van der Waals surface area contributed by atoms with Crippen LogP contribution in [0.15, 0.2) is 24.3 Å². The lowest BCUT2D eigenvalue weighted by atomic mass is 10.2. The first kappa shape index (κ1) is 13.4. The first-order valence-corrected chi connectivity index (χ1v) is 7.58. The Morgan fingerprint density at radius 3 is 2.45 bits per heavy atom. The van der Waals surface area contributed by atoms with Gasteiger partial charge in [-0.3, -0.25) is 9.69 Å². The summed E-state index contributed by atoms with van der Waals surface area (Å²) in [5.41, 5.74) is 7.75. The smallest absolute Gasteiger partial charge is 0.236 e. The number of amides is 1. The molecule has 108 valence electrons. The predicted octanol–water partition coefficient (Wildman–Crippen LogP) is 1.86. The molecule has 3 rings (SSSR count). The first-order chi connectivity index (χ1) is 9.72. The second-order valence-electron chi connectivity index (χ2n) is 5.97. The van der Waals surface area contributed by atoms with E-state index in [-0.39, 0.29) is 0 Å². The van der Waals surface area contributed by atoms with Gasteiger partial charge < -0.3 is 10.6 Å². The summed E-state index contributed by atoms with van der Waals surface area (Å²) >= 11 is 0. The highest BCUT2D eigenvalue weighted by molar-refractivity contribution is 5.78. The van der Waals surface area contributed by atoms with E-state index in [1.165, 1.54) is 18.4 Å². The molecule has 1 aliphatic heterocycles. The number of hydrogen-bond donors (Lipinski definition) is 1. The number of carbonyl (C=O) groups excluding carboxylic acids is 1. The van der Waals surface area contributed by atoms with Crippen LogP contribution in [0.3, 0.4) is 0 Å². The quantitative estimate of drug-likeness (QED) is 0.833. The number of rotatable bonds is 5. The van der Waals surface area contributed by atoms with Crippen LogP contribution in [-0.2, 0) is 11.3 Å². The fourth-order valence-corrected chi connectivity index (χ4v) is 2.85. The molecule has 0 aromatic heterocycles. The third kappa shape index (κ3) is 3.31. The maximum atomic E-state index is 12.3. The monoisotopic (exact) mass is 273 g/mol. The number of nitrogens with zero attached hydrogens (tertiary/aromatic N) is 2. The fourth-order valence-electron chi connectivity index (χ4n) is 2.85. The lowest BCUT2D eigenvalue weighted by Gasteiger charge is -2.24. The van der Waals surface area contributed by atoms with E-state index in [4.69, 9.17) is 5.73 Å². The van der Waals surface area contributed by atoms with Crippen LogP contribution >= 0.6 is 0 Å². The molecule has 2 aliphatic rings. The zero-order chi connectivity index (χ0) is 13.9. The number of benzene rings is 1. The van der Waals surface area contributed by atoms with E-state index in [1.54, 1.807) is 0 Å². The zero-order valence-electron chi connectivity index (χ0n) is 11.9. The molecule has 4 nitrogen and oxygen atoms in total. The van der Waals surface area contributed by atoms with Crippen molar-refractivity contribution >= 4 is 11.6 Å². The van der Waals surface area contributed by atoms with Gasteiger partial charge >= 0.3 is 0 Å². The van der Waals surface area contributed by atoms with Gasteiger partial charge in [0.25, 0.3) is 0 Å². The van der Waals surface area contributed by atoms with Gasteiger partial charge in [-0.2, -0.15) is 0 Å². The van der Waals surface area contributed by atoms with E-state index in [0.717, 1.165) is 38.2 Å². The summed E-state index contributed by atoms with van der Waals surface area (Å²) in [6.45, 7) is 3.30. The average Bonchev–Trinajstić information content (AvgIpc) is 3.14. The molecule has 1 aromatic carbocycles. The van der Waals surface area contributed by atoms with E-state index in [0.29, 0.717) is 18.5 Å². The molecule has 2 N–H and O–H groups in total. The van der Waals surface area contributed by atoms with Gasteiger partial charge in [0.05, 0.1) is 6.54 Å². The molecule has 0 bridgehead atoms. The van der Waals surface area contributed by atoms with Crippen molar-refractivity contribution in [1.82, 2.24) is 9.80 Å². The molecule has 0 atom stereocenters. The van der Waals surface area contributed by atoms with Crippen molar-refractivity contribution in [2.45, 2.75) is 38.3 Å². The lowest BCUT2D eigenvalue weighted by molar-refractivity contribution is -0.131. The molecule has 0 spiro atoms. The summed E-state index contributed by atoms with van der Waals surface area (Å²) in [5.74, 6) is 0.296. The molecule has 1 aromatic rings. The van der Waals surface area contributed by atoms with Crippen molar-refractivity contribution < 1.29 is 4.79 Å². The van der Waals surface area contributed by atoms with Crippen molar-refractivity contribution in [3.63, 3.8) is 0 Å². The van der Waals surface area contributed by atoms with Crippen LogP contribution in [0, 0.1) is 0 Å². The van der Waals surface area contributed by atoms with Crippen molar-refractivity contribution in [3.05, 3.63) is 29.8 Å². The molecule has 4 heteroatoms. The summed E-state index contributed by atoms with van der Waals surface area (Å²) in [7, 11) is 0. The van der Waals surface area contributed by atoms with Crippen LogP contribution in [0.5, 0.6) is 0 Å². The number of nitrogens with two attached hydrogens (primary N) is 1. The van der Waals surface area contributed by atoms with E-state index in [2.05, 4.69) is 17.0 Å². The second kappa shape index (κ2) is 5.83. The lowest BCUT2D eigenvalue weighted by Crippen LogP contribution is -2.39. The van der Waals surface area contributed by atoms with Crippen LogP contribution in [0.4, 0.5) is 5.69 Å². The Labute approximate surface area is 120 Å². The van der Waals surface area contributed by atoms with Crippen molar-refractivity contribution in [1.29, 1.82) is 0 Å². The summed E-state index contributed by atoms with van der Waals surface area (Å²) in [6, 6.07) is 8.58. The van der Waals surface area contributed by atoms with Gasteiger partial charge in [-0.25, -0.2) is 0 Å². The van der Waals surface area contributed by atoms with Gasteiger partial charge in [-0.05, 0) is 43.4 Å². The maximum absolute atomic E-state index is 12.3. The van der Waals surface area contributed by atoms with Gasteiger partial charge in [0.15, 0.2) is 0 Å². The van der Waals surface area contributed by atoms with Crippen LogP contribution in [0.25, 0.3) is 0 Å². The Kier molecular flexibility index (Phi) is 3.92. The summed E-state index contributed by atoms with van der Waals surface area (Å²) in [6.07, 6.45) is 4.77. The van der Waals surface area contributed by atoms with Gasteiger partial charge in [0, 0.05) is 31.4 Å². The Balaban J connectivity index is 1.60. The SMILES string of the molecule is Nc1ccc(CN(CC(=O)N2CCCC2)C2CC2)cc1. The predicted molar refractivity (Wildman–Crippen MR) is 80.1 cm³/mol. The van der Waals surface area contributed by atoms with Crippen LogP contribution in [0.1, 0.15) is 31.2 Å². The molecule has 2 fully saturated rings. The maximum Gasteiger partial charge on any atom is 0.236 e. The van der Waals surface area contributed by atoms with Gasteiger partial charge in [-0.1, -0.05) is 12.1 Å². The minimum atomic E-state index is 0.296. The third-order valence-electron chi connectivity index (χ3n) is 4.23. The topological polar surface area (TPSA) is 49.6 Å². The number of anilines is 1. The summed E-state index contributed by atoms with van der Waals surface area (Å²) in [4.78, 5) is 16.6. The van der Waals surface area contributed by atoms with Crippen molar-refractivity contribution in [2.24, 2.45) is 0 Å². The highest BCUT2D eigenvalue weighted by Crippen LogP contribution is 2.28. The molecule has 1 saturated carbocycles. The average molecular weight is 273 g/mol. The highest BCUT2D eigenvalue weighted by atomic mass is 16.2. The van der Waals surface area contributed by atoms with Gasteiger partial charge in [0.2, 0.25) is 5.91 Å². The van der Waals surface area contributed by atoms with Gasteiger partial charge in [-0.15, -0.1) is 0 Å². The van der Waals surface area contributed by atoms with Crippen molar-refractivity contribution in [2.75, 3.05) is 25.4 Å². The zero-order valence-corrected chi connectivity index (χ0v) is 11.9. The molecule has 1 saturated heterocycles. The molecule has 0 radical (unpaired) electrons. The molecule has 0 unspecified atom stereocenters. The molecule has 20 heavy (non-hydrogen) atoms. The Hall–Kier alpha value is -1.55. The largest absolute Gasteiger partial charge is 0.399 e. The normalized spacial score (nSPS) is 18.8. The molecule has 1 heterocycles. The Morgan fingerprint density at radius 2 is 1.85 bits per heavy atom. The third-order valence-corrected chi connectivity index (χ3v) is 4.23. The van der Waals surface area contributed by atoms with E-state index < -0.39 is 0 Å². The molecular weight excluding hydrogens is 250 g/mol. The summed E-state index contributed by atoms with van der Waals surface area (Å²) < 4.78 is 0. The van der Waals surface area contributed by atoms with E-state index >= 15 is 0 Å².